The number of aliphatic carboxylic acids is 1. The SMILES string of the molecule is CC1(C)C(=O)N(c2cnc(C#N)c(C(F)(F)F)c2)C(=S)N1[C@H]1CC[C@H](OCCC2CCN(CC(=O)O)CC2(F)F)CC1.Cl. The summed E-state index contributed by atoms with van der Waals surface area (Å²) >= 11 is 5.59. The van der Waals surface area contributed by atoms with Gasteiger partial charge in [-0.05, 0) is 77.2 Å². The van der Waals surface area contributed by atoms with Crippen molar-refractivity contribution < 1.29 is 41.4 Å². The first-order valence-electron chi connectivity index (χ1n) is 13.6. The van der Waals surface area contributed by atoms with Gasteiger partial charge in [-0.15, -0.1) is 12.4 Å². The Hall–Kier alpha value is -2.67. The van der Waals surface area contributed by atoms with E-state index in [1.54, 1.807) is 18.7 Å². The van der Waals surface area contributed by atoms with Crippen LogP contribution in [0.3, 0.4) is 0 Å². The van der Waals surface area contributed by atoms with Crippen LogP contribution in [0.5, 0.6) is 0 Å². The van der Waals surface area contributed by atoms with Crippen molar-refractivity contribution in [2.75, 3.05) is 31.1 Å². The van der Waals surface area contributed by atoms with Gasteiger partial charge in [-0.25, -0.2) is 13.8 Å². The molecule has 1 aromatic heterocycles. The second kappa shape index (κ2) is 13.1. The molecule has 0 spiro atoms. The number of halogens is 6. The van der Waals surface area contributed by atoms with Gasteiger partial charge >= 0.3 is 12.1 Å². The number of carboxylic acids is 1. The first kappa shape index (κ1) is 34.8. The quantitative estimate of drug-likeness (QED) is 0.311. The van der Waals surface area contributed by atoms with E-state index < -0.39 is 59.8 Å². The number of nitrogens with zero attached hydrogens (tertiary/aromatic N) is 5. The number of carboxylic acid groups (broad SMARTS) is 1. The highest BCUT2D eigenvalue weighted by Crippen LogP contribution is 2.40. The van der Waals surface area contributed by atoms with Crippen LogP contribution in [-0.4, -0.2) is 86.7 Å². The minimum atomic E-state index is -4.85. The molecule has 43 heavy (non-hydrogen) atoms. The summed E-state index contributed by atoms with van der Waals surface area (Å²) in [7, 11) is 0. The molecule has 1 atom stereocenters. The van der Waals surface area contributed by atoms with E-state index in [4.69, 9.17) is 27.3 Å². The van der Waals surface area contributed by atoms with Gasteiger partial charge in [-0.3, -0.25) is 19.4 Å². The molecule has 1 amide bonds. The van der Waals surface area contributed by atoms with E-state index in [-0.39, 0.29) is 61.3 Å². The fraction of sp³-hybridized carbons (Fsp3) is 0.667. The Kier molecular flexibility index (Phi) is 10.6. The van der Waals surface area contributed by atoms with Crippen molar-refractivity contribution in [3.8, 4) is 6.07 Å². The highest BCUT2D eigenvalue weighted by atomic mass is 35.5. The second-order valence-corrected chi connectivity index (χ2v) is 11.9. The summed E-state index contributed by atoms with van der Waals surface area (Å²) in [5.41, 5.74) is -3.38. The molecule has 0 bridgehead atoms. The molecule has 3 fully saturated rings. The third-order valence-electron chi connectivity index (χ3n) is 8.28. The fourth-order valence-corrected chi connectivity index (χ4v) is 6.68. The van der Waals surface area contributed by atoms with Crippen molar-refractivity contribution in [2.24, 2.45) is 5.92 Å². The third-order valence-corrected chi connectivity index (χ3v) is 8.66. The minimum absolute atomic E-state index is 0. The molecule has 2 aliphatic heterocycles. The van der Waals surface area contributed by atoms with Crippen LogP contribution >= 0.6 is 24.6 Å². The molecule has 1 aliphatic carbocycles. The first-order chi connectivity index (χ1) is 19.6. The van der Waals surface area contributed by atoms with Crippen molar-refractivity contribution in [3.63, 3.8) is 0 Å². The Morgan fingerprint density at radius 3 is 2.44 bits per heavy atom. The van der Waals surface area contributed by atoms with Crippen molar-refractivity contribution >= 4 is 47.3 Å². The average molecular weight is 654 g/mol. The van der Waals surface area contributed by atoms with Gasteiger partial charge in [-0.2, -0.15) is 18.4 Å². The van der Waals surface area contributed by atoms with Gasteiger partial charge in [0.05, 0.1) is 36.6 Å². The fourth-order valence-electron chi connectivity index (χ4n) is 6.12. The van der Waals surface area contributed by atoms with Crippen LogP contribution in [0.2, 0.25) is 0 Å². The summed E-state index contributed by atoms with van der Waals surface area (Å²) in [5.74, 6) is -5.55. The Balaban J connectivity index is 0.00000506. The molecule has 3 heterocycles. The summed E-state index contributed by atoms with van der Waals surface area (Å²) in [6.45, 7) is 2.71. The Labute approximate surface area is 257 Å². The van der Waals surface area contributed by atoms with Crippen LogP contribution in [0.25, 0.3) is 0 Å². The van der Waals surface area contributed by atoms with Crippen LogP contribution in [0.1, 0.15) is 63.6 Å². The summed E-state index contributed by atoms with van der Waals surface area (Å²) < 4.78 is 75.6. The number of thiocarbonyl (C=S) groups is 1. The lowest BCUT2D eigenvalue weighted by Crippen LogP contribution is -2.51. The van der Waals surface area contributed by atoms with E-state index in [1.807, 2.05) is 0 Å². The van der Waals surface area contributed by atoms with Gasteiger partial charge in [0.2, 0.25) is 0 Å². The maximum atomic E-state index is 14.6. The molecule has 16 heteroatoms. The predicted molar refractivity (Wildman–Crippen MR) is 151 cm³/mol. The number of likely N-dealkylation sites (tertiary alicyclic amines) is 1. The maximum absolute atomic E-state index is 14.6. The Morgan fingerprint density at radius 2 is 1.88 bits per heavy atom. The van der Waals surface area contributed by atoms with Crippen LogP contribution < -0.4 is 4.90 Å². The second-order valence-electron chi connectivity index (χ2n) is 11.5. The smallest absolute Gasteiger partial charge is 0.419 e. The van der Waals surface area contributed by atoms with Crippen molar-refractivity contribution in [3.05, 3.63) is 23.5 Å². The zero-order valence-electron chi connectivity index (χ0n) is 23.6. The van der Waals surface area contributed by atoms with Crippen LogP contribution in [0, 0.1) is 17.2 Å². The summed E-state index contributed by atoms with van der Waals surface area (Å²) in [5, 5.41) is 18.0. The maximum Gasteiger partial charge on any atom is 0.419 e. The van der Waals surface area contributed by atoms with Crippen molar-refractivity contribution in [1.29, 1.82) is 5.26 Å². The van der Waals surface area contributed by atoms with E-state index in [0.717, 1.165) is 11.1 Å². The number of amides is 1. The van der Waals surface area contributed by atoms with Gasteiger partial charge in [0.15, 0.2) is 10.8 Å². The zero-order valence-corrected chi connectivity index (χ0v) is 25.2. The van der Waals surface area contributed by atoms with E-state index in [1.165, 1.54) is 11.0 Å². The summed E-state index contributed by atoms with van der Waals surface area (Å²) in [4.78, 5) is 31.9. The number of aromatic nitrogens is 1. The van der Waals surface area contributed by atoms with E-state index in [2.05, 4.69) is 4.98 Å². The molecular formula is C27H33ClF5N5O4S. The number of anilines is 1. The van der Waals surface area contributed by atoms with Crippen LogP contribution in [0.15, 0.2) is 12.3 Å². The van der Waals surface area contributed by atoms with Gasteiger partial charge in [0.25, 0.3) is 11.8 Å². The number of rotatable bonds is 8. The first-order valence-corrected chi connectivity index (χ1v) is 14.1. The highest BCUT2D eigenvalue weighted by Gasteiger charge is 2.53. The molecular weight excluding hydrogens is 621 g/mol. The van der Waals surface area contributed by atoms with E-state index in [9.17, 15) is 31.5 Å². The minimum Gasteiger partial charge on any atom is -0.480 e. The zero-order chi connectivity index (χ0) is 31.0. The Morgan fingerprint density at radius 1 is 1.23 bits per heavy atom. The molecule has 0 aromatic carbocycles. The van der Waals surface area contributed by atoms with E-state index >= 15 is 0 Å². The summed E-state index contributed by atoms with van der Waals surface area (Å²) in [6, 6.07) is 1.93. The number of carbonyl (C=O) groups excluding carboxylic acids is 1. The molecule has 1 unspecified atom stereocenters. The number of carbonyl (C=O) groups is 2. The lowest BCUT2D eigenvalue weighted by molar-refractivity contribution is -0.146. The molecule has 1 aromatic rings. The van der Waals surface area contributed by atoms with Crippen molar-refractivity contribution in [1.82, 2.24) is 14.8 Å². The molecule has 238 valence electrons. The molecule has 0 radical (unpaired) electrons. The number of alkyl halides is 5. The topological polar surface area (TPSA) is 110 Å². The normalized spacial score (nSPS) is 25.8. The number of pyridine rings is 1. The van der Waals surface area contributed by atoms with E-state index in [0.29, 0.717) is 31.7 Å². The average Bonchev–Trinajstić information content (AvgIpc) is 3.07. The van der Waals surface area contributed by atoms with Gasteiger partial charge in [0.1, 0.15) is 11.6 Å². The van der Waals surface area contributed by atoms with Gasteiger partial charge in [-0.1, -0.05) is 0 Å². The number of hydrogen-bond donors (Lipinski definition) is 1. The van der Waals surface area contributed by atoms with Crippen LogP contribution in [-0.2, 0) is 20.5 Å². The van der Waals surface area contributed by atoms with Crippen LogP contribution in [0.4, 0.5) is 27.6 Å². The molecule has 9 nitrogen and oxygen atoms in total. The molecule has 1 saturated carbocycles. The standard InChI is InChI=1S/C27H32F5N5O4S.ClH/c1-25(2)23(40)36(18-11-20(27(30,31)32)21(12-33)34-13-18)24(42)37(25)17-3-5-19(6-4-17)41-10-8-16-7-9-35(14-22(38)39)15-26(16,28)29;/h11,13,16-17,19H,3-10,14-15H2,1-2H3,(H,38,39);1H/t16?,17-,19-;. The Bertz CT molecular complexity index is 1270. The number of ether oxygens (including phenoxy) is 1. The highest BCUT2D eigenvalue weighted by molar-refractivity contribution is 7.80. The van der Waals surface area contributed by atoms with Gasteiger partial charge < -0.3 is 14.7 Å². The molecule has 1 N–H and O–H groups in total. The molecule has 4 rings (SSSR count). The third kappa shape index (κ3) is 7.35. The monoisotopic (exact) mass is 653 g/mol. The molecule has 3 aliphatic rings. The lowest BCUT2D eigenvalue weighted by atomic mass is 9.88. The van der Waals surface area contributed by atoms with Gasteiger partial charge in [0, 0.05) is 18.6 Å². The van der Waals surface area contributed by atoms with Crippen molar-refractivity contribution in [2.45, 2.75) is 82.2 Å². The summed E-state index contributed by atoms with van der Waals surface area (Å²) in [6.07, 6.45) is -1.36. The lowest BCUT2D eigenvalue weighted by Gasteiger charge is -2.41. The number of hydrogen-bond acceptors (Lipinski definition) is 7. The largest absolute Gasteiger partial charge is 0.480 e. The number of piperidine rings is 1. The predicted octanol–water partition coefficient (Wildman–Crippen LogP) is 4.87. The molecule has 2 saturated heterocycles. The number of nitriles is 1.